The molecular formula is C13H21NO4. The number of hydrogen-bond acceptors (Lipinski definition) is 5. The molecule has 0 saturated heterocycles. The fourth-order valence-corrected chi connectivity index (χ4v) is 0.978. The van der Waals surface area contributed by atoms with Gasteiger partial charge in [0.2, 0.25) is 5.88 Å². The quantitative estimate of drug-likeness (QED) is 0.646. The molecule has 0 bridgehead atoms. The number of rotatable bonds is 5. The molecule has 5 heteroatoms. The van der Waals surface area contributed by atoms with Gasteiger partial charge in [-0.05, 0) is 40.7 Å². The first kappa shape index (κ1) is 14.7. The van der Waals surface area contributed by atoms with Crippen LogP contribution in [0.15, 0.2) is 12.1 Å². The van der Waals surface area contributed by atoms with Crippen LogP contribution in [0.3, 0.4) is 0 Å². The summed E-state index contributed by atoms with van der Waals surface area (Å²) in [6.45, 7) is 8.61. The van der Waals surface area contributed by atoms with Gasteiger partial charge in [-0.2, -0.15) is 4.89 Å². The molecule has 0 fully saturated rings. The van der Waals surface area contributed by atoms with Crippen LogP contribution in [0.25, 0.3) is 0 Å². The molecule has 18 heavy (non-hydrogen) atoms. The standard InChI is InChI=1S/C13H21NO4/c1-9-10(7-8-11(14-9)16-6)17-18-13(4,5)12(2,3)15/h7-8,15H,1-6H3. The molecule has 0 saturated carbocycles. The summed E-state index contributed by atoms with van der Waals surface area (Å²) in [5.41, 5.74) is -1.22. The number of aromatic nitrogens is 1. The summed E-state index contributed by atoms with van der Waals surface area (Å²) < 4.78 is 5.00. The minimum Gasteiger partial charge on any atom is -0.481 e. The van der Waals surface area contributed by atoms with Crippen molar-refractivity contribution in [1.29, 1.82) is 0 Å². The summed E-state index contributed by atoms with van der Waals surface area (Å²) in [5.74, 6) is 1.01. The van der Waals surface area contributed by atoms with Gasteiger partial charge in [0, 0.05) is 6.07 Å². The van der Waals surface area contributed by atoms with Gasteiger partial charge >= 0.3 is 0 Å². The smallest absolute Gasteiger partial charge is 0.213 e. The Morgan fingerprint density at radius 1 is 1.17 bits per heavy atom. The van der Waals surface area contributed by atoms with Gasteiger partial charge in [-0.1, -0.05) is 0 Å². The molecule has 102 valence electrons. The molecule has 0 amide bonds. The molecule has 1 N–H and O–H groups in total. The first-order valence-electron chi connectivity index (χ1n) is 5.77. The normalized spacial score (nSPS) is 12.4. The monoisotopic (exact) mass is 255 g/mol. The molecule has 0 unspecified atom stereocenters. The summed E-state index contributed by atoms with van der Waals surface area (Å²) in [6.07, 6.45) is 0. The summed E-state index contributed by atoms with van der Waals surface area (Å²) >= 11 is 0. The maximum atomic E-state index is 9.93. The number of methoxy groups -OCH3 is 1. The highest BCUT2D eigenvalue weighted by molar-refractivity contribution is 5.30. The third-order valence-corrected chi connectivity index (χ3v) is 3.03. The molecule has 1 aromatic rings. The molecule has 0 radical (unpaired) electrons. The average molecular weight is 255 g/mol. The van der Waals surface area contributed by atoms with Crippen LogP contribution < -0.4 is 9.62 Å². The first-order valence-corrected chi connectivity index (χ1v) is 5.77. The molecule has 0 aliphatic heterocycles. The highest BCUT2D eigenvalue weighted by Crippen LogP contribution is 2.27. The molecule has 0 aromatic carbocycles. The van der Waals surface area contributed by atoms with E-state index in [1.54, 1.807) is 53.9 Å². The molecular weight excluding hydrogens is 234 g/mol. The van der Waals surface area contributed by atoms with E-state index in [1.807, 2.05) is 0 Å². The topological polar surface area (TPSA) is 60.8 Å². The van der Waals surface area contributed by atoms with Crippen LogP contribution in [0.4, 0.5) is 0 Å². The van der Waals surface area contributed by atoms with E-state index in [4.69, 9.17) is 14.5 Å². The van der Waals surface area contributed by atoms with E-state index < -0.39 is 11.2 Å². The van der Waals surface area contributed by atoms with Crippen LogP contribution in [0.5, 0.6) is 11.6 Å². The lowest BCUT2D eigenvalue weighted by Crippen LogP contribution is -2.48. The number of ether oxygens (including phenoxy) is 1. The summed E-state index contributed by atoms with van der Waals surface area (Å²) in [4.78, 5) is 14.7. The molecule has 1 rings (SSSR count). The Morgan fingerprint density at radius 3 is 2.22 bits per heavy atom. The second kappa shape index (κ2) is 5.12. The fourth-order valence-electron chi connectivity index (χ4n) is 0.978. The van der Waals surface area contributed by atoms with Crippen LogP contribution in [-0.2, 0) is 4.89 Å². The second-order valence-corrected chi connectivity index (χ2v) is 5.17. The number of aryl methyl sites for hydroxylation is 1. The van der Waals surface area contributed by atoms with Crippen molar-refractivity contribution < 1.29 is 19.6 Å². The lowest BCUT2D eigenvalue weighted by atomic mass is 9.90. The molecule has 0 aliphatic carbocycles. The lowest BCUT2D eigenvalue weighted by molar-refractivity contribution is -0.321. The van der Waals surface area contributed by atoms with Gasteiger partial charge in [-0.25, -0.2) is 4.98 Å². The highest BCUT2D eigenvalue weighted by atomic mass is 17.2. The van der Waals surface area contributed by atoms with Crippen molar-refractivity contribution in [3.8, 4) is 11.6 Å². The largest absolute Gasteiger partial charge is 0.481 e. The fraction of sp³-hybridized carbons (Fsp3) is 0.615. The van der Waals surface area contributed by atoms with Crippen LogP contribution in [-0.4, -0.2) is 28.4 Å². The Hall–Kier alpha value is -1.33. The van der Waals surface area contributed by atoms with Crippen LogP contribution in [0.2, 0.25) is 0 Å². The van der Waals surface area contributed by atoms with E-state index in [1.165, 1.54) is 0 Å². The first-order chi connectivity index (χ1) is 8.17. The Morgan fingerprint density at radius 2 is 1.78 bits per heavy atom. The second-order valence-electron chi connectivity index (χ2n) is 5.17. The molecule has 1 aromatic heterocycles. The van der Waals surface area contributed by atoms with E-state index in [-0.39, 0.29) is 0 Å². The van der Waals surface area contributed by atoms with Gasteiger partial charge in [0.05, 0.1) is 18.4 Å². The molecule has 1 heterocycles. The van der Waals surface area contributed by atoms with Crippen molar-refractivity contribution in [2.75, 3.05) is 7.11 Å². The van der Waals surface area contributed by atoms with Crippen molar-refractivity contribution >= 4 is 0 Å². The van der Waals surface area contributed by atoms with Crippen LogP contribution in [0.1, 0.15) is 33.4 Å². The molecule has 0 atom stereocenters. The van der Waals surface area contributed by atoms with Gasteiger partial charge in [-0.3, -0.25) is 0 Å². The molecule has 0 aliphatic rings. The average Bonchev–Trinajstić information content (AvgIpc) is 2.25. The third kappa shape index (κ3) is 3.34. The van der Waals surface area contributed by atoms with E-state index in [9.17, 15) is 5.11 Å². The zero-order valence-electron chi connectivity index (χ0n) is 11.8. The Balaban J connectivity index is 2.75. The third-order valence-electron chi connectivity index (χ3n) is 3.03. The van der Waals surface area contributed by atoms with Crippen molar-refractivity contribution in [2.45, 2.75) is 45.8 Å². The minimum absolute atomic E-state index is 0.494. The van der Waals surface area contributed by atoms with E-state index in [0.717, 1.165) is 0 Å². The number of pyridine rings is 1. The predicted octanol–water partition coefficient (Wildman–Crippen LogP) is 2.26. The summed E-state index contributed by atoms with van der Waals surface area (Å²) in [5, 5.41) is 9.93. The number of aliphatic hydroxyl groups is 1. The highest BCUT2D eigenvalue weighted by Gasteiger charge is 2.38. The zero-order chi connectivity index (χ0) is 14.0. The zero-order valence-corrected chi connectivity index (χ0v) is 11.8. The van der Waals surface area contributed by atoms with Crippen molar-refractivity contribution in [3.05, 3.63) is 17.8 Å². The SMILES string of the molecule is COc1ccc(OOC(C)(C)C(C)(C)O)c(C)n1. The number of hydrogen-bond donors (Lipinski definition) is 1. The van der Waals surface area contributed by atoms with Crippen LogP contribution in [0, 0.1) is 6.92 Å². The van der Waals surface area contributed by atoms with Crippen molar-refractivity contribution in [2.24, 2.45) is 0 Å². The summed E-state index contributed by atoms with van der Waals surface area (Å²) in [7, 11) is 1.55. The van der Waals surface area contributed by atoms with Gasteiger partial charge in [0.1, 0.15) is 5.60 Å². The maximum Gasteiger partial charge on any atom is 0.213 e. The van der Waals surface area contributed by atoms with E-state index >= 15 is 0 Å². The van der Waals surface area contributed by atoms with Crippen molar-refractivity contribution in [3.63, 3.8) is 0 Å². The Kier molecular flexibility index (Phi) is 4.19. The van der Waals surface area contributed by atoms with Gasteiger partial charge in [0.25, 0.3) is 0 Å². The number of nitrogens with zero attached hydrogens (tertiary/aromatic N) is 1. The minimum atomic E-state index is -1.03. The van der Waals surface area contributed by atoms with E-state index in [2.05, 4.69) is 4.98 Å². The Bertz CT molecular complexity index is 410. The van der Waals surface area contributed by atoms with E-state index in [0.29, 0.717) is 17.3 Å². The van der Waals surface area contributed by atoms with Gasteiger partial charge < -0.3 is 14.7 Å². The predicted molar refractivity (Wildman–Crippen MR) is 67.6 cm³/mol. The Labute approximate surface area is 108 Å². The van der Waals surface area contributed by atoms with Crippen molar-refractivity contribution in [1.82, 2.24) is 4.98 Å². The van der Waals surface area contributed by atoms with Gasteiger partial charge in [0.15, 0.2) is 5.75 Å². The van der Waals surface area contributed by atoms with Crippen LogP contribution >= 0.6 is 0 Å². The van der Waals surface area contributed by atoms with Gasteiger partial charge in [-0.15, -0.1) is 0 Å². The molecule has 5 nitrogen and oxygen atoms in total. The lowest BCUT2D eigenvalue weighted by Gasteiger charge is -2.34. The molecule has 0 spiro atoms. The summed E-state index contributed by atoms with van der Waals surface area (Å²) in [6, 6.07) is 3.39. The maximum absolute atomic E-state index is 9.93.